The Morgan fingerprint density at radius 3 is 2.48 bits per heavy atom. The zero-order chi connectivity index (χ0) is 16.7. The third kappa shape index (κ3) is 4.79. The van der Waals surface area contributed by atoms with E-state index in [4.69, 9.17) is 0 Å². The van der Waals surface area contributed by atoms with E-state index in [1.54, 1.807) is 0 Å². The zero-order valence-corrected chi connectivity index (χ0v) is 13.7. The van der Waals surface area contributed by atoms with Crippen LogP contribution in [-0.2, 0) is 16.0 Å². The molecule has 0 aliphatic heterocycles. The number of carbonyl (C=O) groups is 2. The Morgan fingerprint density at radius 2 is 1.87 bits per heavy atom. The van der Waals surface area contributed by atoms with E-state index in [-0.39, 0.29) is 36.7 Å². The molecule has 1 aliphatic carbocycles. The molecule has 0 bridgehead atoms. The largest absolute Gasteiger partial charge is 0.396 e. The molecule has 0 heterocycles. The minimum Gasteiger partial charge on any atom is -0.396 e. The average molecular weight is 318 g/mol. The summed E-state index contributed by atoms with van der Waals surface area (Å²) >= 11 is 0. The topological polar surface area (TPSA) is 78.4 Å². The molecule has 1 saturated carbocycles. The molecule has 0 radical (unpaired) electrons. The molecule has 3 N–H and O–H groups in total. The molecule has 0 atom stereocenters. The van der Waals surface area contributed by atoms with Gasteiger partial charge in [0.1, 0.15) is 0 Å². The first-order valence-electron chi connectivity index (χ1n) is 8.34. The fraction of sp³-hybridized carbons (Fsp3) is 0.556. The van der Waals surface area contributed by atoms with Gasteiger partial charge in [0.25, 0.3) is 0 Å². The Hall–Kier alpha value is -1.88. The highest BCUT2D eigenvalue weighted by Crippen LogP contribution is 2.39. The lowest BCUT2D eigenvalue weighted by Crippen LogP contribution is -2.44. The number of carbonyl (C=O) groups excluding carboxylic acids is 2. The molecule has 1 aliphatic rings. The standard InChI is InChI=1S/C18H26N2O3/c1-2-14-6-3-4-7-15(14)20-17(23)9-8-16(22)19-12-18(13-21)10-5-11-18/h3-4,6-7,21H,2,5,8-13H2,1H3,(H,19,22)(H,20,23). The van der Waals surface area contributed by atoms with Crippen molar-refractivity contribution in [2.24, 2.45) is 5.41 Å². The van der Waals surface area contributed by atoms with Crippen molar-refractivity contribution in [3.63, 3.8) is 0 Å². The van der Waals surface area contributed by atoms with Gasteiger partial charge in [0, 0.05) is 30.5 Å². The molecule has 5 heteroatoms. The van der Waals surface area contributed by atoms with E-state index in [0.717, 1.165) is 36.9 Å². The number of rotatable bonds is 8. The smallest absolute Gasteiger partial charge is 0.224 e. The normalized spacial score (nSPS) is 15.6. The summed E-state index contributed by atoms with van der Waals surface area (Å²) < 4.78 is 0. The van der Waals surface area contributed by atoms with Crippen LogP contribution in [0.3, 0.4) is 0 Å². The molecule has 2 rings (SSSR count). The number of hydrogen-bond donors (Lipinski definition) is 3. The van der Waals surface area contributed by atoms with Gasteiger partial charge in [-0.15, -0.1) is 0 Å². The first-order valence-corrected chi connectivity index (χ1v) is 8.34. The number of hydrogen-bond acceptors (Lipinski definition) is 3. The summed E-state index contributed by atoms with van der Waals surface area (Å²) in [6.45, 7) is 2.65. The van der Waals surface area contributed by atoms with E-state index in [2.05, 4.69) is 10.6 Å². The highest BCUT2D eigenvalue weighted by molar-refractivity contribution is 5.93. The van der Waals surface area contributed by atoms with Gasteiger partial charge in [-0.05, 0) is 30.9 Å². The van der Waals surface area contributed by atoms with Crippen molar-refractivity contribution in [3.8, 4) is 0 Å². The average Bonchev–Trinajstić information content (AvgIpc) is 2.53. The molecule has 0 saturated heterocycles. The number of anilines is 1. The Bertz CT molecular complexity index is 547. The predicted molar refractivity (Wildman–Crippen MR) is 90.1 cm³/mol. The maximum Gasteiger partial charge on any atom is 0.224 e. The van der Waals surface area contributed by atoms with E-state index >= 15 is 0 Å². The molecule has 1 fully saturated rings. The SMILES string of the molecule is CCc1ccccc1NC(=O)CCC(=O)NCC1(CO)CCC1. The van der Waals surface area contributed by atoms with Crippen LogP contribution in [-0.4, -0.2) is 30.1 Å². The fourth-order valence-corrected chi connectivity index (χ4v) is 2.83. The predicted octanol–water partition coefficient (Wildman–Crippen LogP) is 2.25. The van der Waals surface area contributed by atoms with Crippen molar-refractivity contribution >= 4 is 17.5 Å². The summed E-state index contributed by atoms with van der Waals surface area (Å²) in [6.07, 6.45) is 4.20. The second-order valence-electron chi connectivity index (χ2n) is 6.35. The highest BCUT2D eigenvalue weighted by Gasteiger charge is 2.36. The Labute approximate surface area is 137 Å². The summed E-state index contributed by atoms with van der Waals surface area (Å²) in [7, 11) is 0. The third-order valence-corrected chi connectivity index (χ3v) is 4.66. The molecule has 0 unspecified atom stereocenters. The number of aliphatic hydroxyl groups is 1. The van der Waals surface area contributed by atoms with Crippen molar-refractivity contribution in [2.75, 3.05) is 18.5 Å². The van der Waals surface area contributed by atoms with Crippen molar-refractivity contribution in [2.45, 2.75) is 45.4 Å². The molecular weight excluding hydrogens is 292 g/mol. The molecule has 5 nitrogen and oxygen atoms in total. The monoisotopic (exact) mass is 318 g/mol. The van der Waals surface area contributed by atoms with Gasteiger partial charge < -0.3 is 15.7 Å². The third-order valence-electron chi connectivity index (χ3n) is 4.66. The van der Waals surface area contributed by atoms with Gasteiger partial charge in [-0.3, -0.25) is 9.59 Å². The maximum atomic E-state index is 12.0. The Kier molecular flexibility index (Phi) is 6.16. The van der Waals surface area contributed by atoms with Crippen molar-refractivity contribution < 1.29 is 14.7 Å². The summed E-state index contributed by atoms with van der Waals surface area (Å²) in [5.41, 5.74) is 1.77. The molecule has 1 aromatic carbocycles. The molecule has 0 spiro atoms. The number of aliphatic hydroxyl groups excluding tert-OH is 1. The molecular formula is C18H26N2O3. The summed E-state index contributed by atoms with van der Waals surface area (Å²) in [5.74, 6) is -0.287. The number of nitrogens with one attached hydrogen (secondary N) is 2. The quantitative estimate of drug-likeness (QED) is 0.688. The number of aryl methyl sites for hydroxylation is 1. The van der Waals surface area contributed by atoms with Gasteiger partial charge in [-0.25, -0.2) is 0 Å². The van der Waals surface area contributed by atoms with Crippen LogP contribution in [0, 0.1) is 5.41 Å². The van der Waals surface area contributed by atoms with E-state index < -0.39 is 0 Å². The van der Waals surface area contributed by atoms with Gasteiger partial charge >= 0.3 is 0 Å². The van der Waals surface area contributed by atoms with Gasteiger partial charge in [0.2, 0.25) is 11.8 Å². The lowest BCUT2D eigenvalue weighted by molar-refractivity contribution is -0.125. The molecule has 1 aromatic rings. The molecule has 0 aromatic heterocycles. The lowest BCUT2D eigenvalue weighted by atomic mass is 9.69. The van der Waals surface area contributed by atoms with Crippen LogP contribution in [0.4, 0.5) is 5.69 Å². The second kappa shape index (κ2) is 8.11. The van der Waals surface area contributed by atoms with Crippen LogP contribution in [0.5, 0.6) is 0 Å². The van der Waals surface area contributed by atoms with Crippen LogP contribution < -0.4 is 10.6 Å². The number of para-hydroxylation sites is 1. The highest BCUT2D eigenvalue weighted by atomic mass is 16.3. The van der Waals surface area contributed by atoms with Gasteiger partial charge in [0.15, 0.2) is 0 Å². The zero-order valence-electron chi connectivity index (χ0n) is 13.7. The van der Waals surface area contributed by atoms with E-state index in [1.807, 2.05) is 31.2 Å². The van der Waals surface area contributed by atoms with E-state index in [0.29, 0.717) is 6.54 Å². The number of benzene rings is 1. The van der Waals surface area contributed by atoms with Crippen LogP contribution in [0.15, 0.2) is 24.3 Å². The van der Waals surface area contributed by atoms with Crippen molar-refractivity contribution in [3.05, 3.63) is 29.8 Å². The van der Waals surface area contributed by atoms with Crippen LogP contribution in [0.2, 0.25) is 0 Å². The van der Waals surface area contributed by atoms with Gasteiger partial charge in [0.05, 0.1) is 6.61 Å². The van der Waals surface area contributed by atoms with Gasteiger partial charge in [-0.2, -0.15) is 0 Å². The second-order valence-corrected chi connectivity index (χ2v) is 6.35. The number of amides is 2. The Balaban J connectivity index is 1.72. The Morgan fingerprint density at radius 1 is 1.17 bits per heavy atom. The summed E-state index contributed by atoms with van der Waals surface area (Å²) in [5, 5.41) is 15.1. The minimum absolute atomic E-state index is 0.113. The van der Waals surface area contributed by atoms with Gasteiger partial charge in [-0.1, -0.05) is 31.5 Å². The lowest BCUT2D eigenvalue weighted by Gasteiger charge is -2.40. The first-order chi connectivity index (χ1) is 11.1. The fourth-order valence-electron chi connectivity index (χ4n) is 2.83. The van der Waals surface area contributed by atoms with Crippen LogP contribution >= 0.6 is 0 Å². The molecule has 2 amide bonds. The molecule has 23 heavy (non-hydrogen) atoms. The summed E-state index contributed by atoms with van der Waals surface area (Å²) in [4.78, 5) is 23.8. The van der Waals surface area contributed by atoms with Crippen molar-refractivity contribution in [1.82, 2.24) is 5.32 Å². The minimum atomic E-state index is -0.151. The summed E-state index contributed by atoms with van der Waals surface area (Å²) in [6, 6.07) is 7.68. The van der Waals surface area contributed by atoms with E-state index in [9.17, 15) is 14.7 Å². The van der Waals surface area contributed by atoms with E-state index in [1.165, 1.54) is 0 Å². The van der Waals surface area contributed by atoms with Crippen LogP contribution in [0.1, 0.15) is 44.6 Å². The first kappa shape index (κ1) is 17.5. The van der Waals surface area contributed by atoms with Crippen LogP contribution in [0.25, 0.3) is 0 Å². The van der Waals surface area contributed by atoms with Crippen molar-refractivity contribution in [1.29, 1.82) is 0 Å². The molecule has 126 valence electrons. The maximum absolute atomic E-state index is 12.0.